The number of amides is 2. The summed E-state index contributed by atoms with van der Waals surface area (Å²) in [5, 5.41) is 15.7. The Morgan fingerprint density at radius 3 is 2.71 bits per heavy atom. The number of carbonyl (C=O) groups is 3. The lowest BCUT2D eigenvalue weighted by atomic mass is 10.1. The zero-order chi connectivity index (χ0) is 24.2. The molecule has 0 saturated heterocycles. The normalized spacial score (nSPS) is 15.3. The first kappa shape index (κ1) is 22.1. The molecule has 11 nitrogen and oxygen atoms in total. The maximum Gasteiger partial charge on any atom is 0.308 e. The van der Waals surface area contributed by atoms with Gasteiger partial charge in [0.2, 0.25) is 0 Å². The predicted molar refractivity (Wildman–Crippen MR) is 122 cm³/mol. The summed E-state index contributed by atoms with van der Waals surface area (Å²) in [6.07, 6.45) is 3.33. The minimum absolute atomic E-state index is 0.0343. The summed E-state index contributed by atoms with van der Waals surface area (Å²) in [6.45, 7) is -0.463. The van der Waals surface area contributed by atoms with Crippen LogP contribution in [-0.4, -0.2) is 51.9 Å². The molecule has 35 heavy (non-hydrogen) atoms. The number of furan rings is 2. The van der Waals surface area contributed by atoms with Crippen molar-refractivity contribution in [2.75, 3.05) is 13.2 Å². The molecule has 1 aliphatic heterocycles. The van der Waals surface area contributed by atoms with Crippen molar-refractivity contribution in [1.29, 1.82) is 0 Å². The van der Waals surface area contributed by atoms with Gasteiger partial charge < -0.3 is 18.9 Å². The molecule has 0 fully saturated rings. The SMILES string of the molecule is O=C(CCNC(=O)c1n[nH]c2ccccc12)OCC(=O)N1N=C(c2ccco2)CC1c1ccco1. The van der Waals surface area contributed by atoms with Crippen molar-refractivity contribution < 1.29 is 28.0 Å². The molecule has 1 atom stereocenters. The number of hydrazone groups is 1. The van der Waals surface area contributed by atoms with E-state index in [0.717, 1.165) is 5.52 Å². The lowest BCUT2D eigenvalue weighted by Gasteiger charge is -2.19. The molecular weight excluding hydrogens is 454 g/mol. The third-order valence-corrected chi connectivity index (χ3v) is 5.50. The molecule has 1 aromatic carbocycles. The number of nitrogens with one attached hydrogen (secondary N) is 2. The number of ether oxygens (including phenoxy) is 1. The fourth-order valence-electron chi connectivity index (χ4n) is 3.81. The van der Waals surface area contributed by atoms with E-state index in [0.29, 0.717) is 29.0 Å². The summed E-state index contributed by atoms with van der Waals surface area (Å²) in [5.74, 6) is -0.440. The van der Waals surface area contributed by atoms with E-state index in [-0.39, 0.29) is 18.7 Å². The number of H-pyrrole nitrogens is 1. The van der Waals surface area contributed by atoms with E-state index in [4.69, 9.17) is 13.6 Å². The maximum atomic E-state index is 12.8. The Morgan fingerprint density at radius 1 is 1.09 bits per heavy atom. The van der Waals surface area contributed by atoms with Crippen LogP contribution in [-0.2, 0) is 14.3 Å². The van der Waals surface area contributed by atoms with Crippen molar-refractivity contribution in [1.82, 2.24) is 20.5 Å². The molecule has 5 rings (SSSR count). The van der Waals surface area contributed by atoms with E-state index in [1.807, 2.05) is 12.1 Å². The van der Waals surface area contributed by atoms with Crippen molar-refractivity contribution in [2.24, 2.45) is 5.10 Å². The van der Waals surface area contributed by atoms with Crippen LogP contribution in [0.2, 0.25) is 0 Å². The second kappa shape index (κ2) is 9.67. The summed E-state index contributed by atoms with van der Waals surface area (Å²) in [6, 6.07) is 13.7. The zero-order valence-corrected chi connectivity index (χ0v) is 18.5. The van der Waals surface area contributed by atoms with Gasteiger partial charge in [-0.05, 0) is 30.3 Å². The fraction of sp³-hybridized carbons (Fsp3) is 0.208. The lowest BCUT2D eigenvalue weighted by molar-refractivity contribution is -0.152. The Bertz CT molecular complexity index is 1370. The summed E-state index contributed by atoms with van der Waals surface area (Å²) in [4.78, 5) is 37.4. The molecule has 0 saturated carbocycles. The van der Waals surface area contributed by atoms with Gasteiger partial charge in [-0.25, -0.2) is 5.01 Å². The topological polar surface area (TPSA) is 143 Å². The first-order valence-corrected chi connectivity index (χ1v) is 10.9. The van der Waals surface area contributed by atoms with Gasteiger partial charge in [0.05, 0.1) is 24.5 Å². The van der Waals surface area contributed by atoms with Crippen LogP contribution in [0.25, 0.3) is 10.9 Å². The molecule has 11 heteroatoms. The maximum absolute atomic E-state index is 12.8. The van der Waals surface area contributed by atoms with Gasteiger partial charge >= 0.3 is 5.97 Å². The molecular formula is C24H21N5O6. The summed E-state index contributed by atoms with van der Waals surface area (Å²) in [5.41, 5.74) is 1.57. The molecule has 0 radical (unpaired) electrons. The van der Waals surface area contributed by atoms with E-state index in [2.05, 4.69) is 20.6 Å². The molecule has 2 amide bonds. The highest BCUT2D eigenvalue weighted by atomic mass is 16.5. The number of rotatable bonds is 8. The van der Waals surface area contributed by atoms with Gasteiger partial charge in [0, 0.05) is 18.4 Å². The van der Waals surface area contributed by atoms with Gasteiger partial charge in [0.1, 0.15) is 23.3 Å². The largest absolute Gasteiger partial charge is 0.467 e. The van der Waals surface area contributed by atoms with Gasteiger partial charge in [0.15, 0.2) is 12.3 Å². The molecule has 2 N–H and O–H groups in total. The van der Waals surface area contributed by atoms with Crippen molar-refractivity contribution >= 4 is 34.4 Å². The number of hydrogen-bond acceptors (Lipinski definition) is 8. The van der Waals surface area contributed by atoms with E-state index in [1.54, 1.807) is 36.4 Å². The van der Waals surface area contributed by atoms with Gasteiger partial charge in [-0.1, -0.05) is 18.2 Å². The summed E-state index contributed by atoms with van der Waals surface area (Å²) >= 11 is 0. The van der Waals surface area contributed by atoms with Gasteiger partial charge in [-0.3, -0.25) is 19.5 Å². The van der Waals surface area contributed by atoms with Crippen LogP contribution in [0.5, 0.6) is 0 Å². The first-order chi connectivity index (χ1) is 17.1. The Morgan fingerprint density at radius 2 is 1.91 bits per heavy atom. The number of aromatic amines is 1. The van der Waals surface area contributed by atoms with E-state index in [9.17, 15) is 14.4 Å². The highest BCUT2D eigenvalue weighted by molar-refractivity contribution is 6.04. The number of benzene rings is 1. The molecule has 1 unspecified atom stereocenters. The molecule has 178 valence electrons. The Balaban J connectivity index is 1.14. The van der Waals surface area contributed by atoms with Crippen molar-refractivity contribution in [2.45, 2.75) is 18.9 Å². The van der Waals surface area contributed by atoms with Crippen LogP contribution in [0.4, 0.5) is 0 Å². The van der Waals surface area contributed by atoms with Crippen molar-refractivity contribution in [3.8, 4) is 0 Å². The van der Waals surface area contributed by atoms with Crippen LogP contribution in [0.1, 0.15) is 40.9 Å². The lowest BCUT2D eigenvalue weighted by Crippen LogP contribution is -2.32. The molecule has 0 bridgehead atoms. The number of carbonyl (C=O) groups excluding carboxylic acids is 3. The molecule has 0 aliphatic carbocycles. The monoisotopic (exact) mass is 475 g/mol. The molecule has 0 spiro atoms. The number of esters is 1. The smallest absolute Gasteiger partial charge is 0.308 e. The highest BCUT2D eigenvalue weighted by Crippen LogP contribution is 2.33. The molecule has 4 heterocycles. The number of aromatic nitrogens is 2. The number of nitrogens with zero attached hydrogens (tertiary/aromatic N) is 3. The average Bonchev–Trinajstić information content (AvgIpc) is 3.68. The number of para-hydroxylation sites is 1. The van der Waals surface area contributed by atoms with E-state index >= 15 is 0 Å². The minimum Gasteiger partial charge on any atom is -0.467 e. The number of hydrogen-bond donors (Lipinski definition) is 2. The summed E-state index contributed by atoms with van der Waals surface area (Å²) < 4.78 is 16.0. The zero-order valence-electron chi connectivity index (χ0n) is 18.5. The van der Waals surface area contributed by atoms with Crippen LogP contribution < -0.4 is 5.32 Å². The second-order valence-corrected chi connectivity index (χ2v) is 7.78. The predicted octanol–water partition coefficient (Wildman–Crippen LogP) is 2.79. The van der Waals surface area contributed by atoms with Gasteiger partial charge in [0.25, 0.3) is 11.8 Å². The van der Waals surface area contributed by atoms with Gasteiger partial charge in [-0.15, -0.1) is 0 Å². The van der Waals surface area contributed by atoms with Crippen LogP contribution in [0.3, 0.4) is 0 Å². The molecule has 1 aliphatic rings. The highest BCUT2D eigenvalue weighted by Gasteiger charge is 2.36. The van der Waals surface area contributed by atoms with Crippen molar-refractivity contribution in [3.63, 3.8) is 0 Å². The Hall–Kier alpha value is -4.67. The van der Waals surface area contributed by atoms with E-state index in [1.165, 1.54) is 17.5 Å². The number of fused-ring (bicyclic) bond motifs is 1. The third-order valence-electron chi connectivity index (χ3n) is 5.50. The van der Waals surface area contributed by atoms with Crippen LogP contribution in [0.15, 0.2) is 75.0 Å². The Labute approximate surface area is 198 Å². The third kappa shape index (κ3) is 4.69. The standard InChI is InChI=1S/C24H21N5O6/c30-21(29-18(20-8-4-12-34-20)13-17(28-29)19-7-3-11-33-19)14-35-22(31)9-10-25-24(32)23-15-5-1-2-6-16(15)26-27-23/h1-8,11-12,18H,9-10,13-14H2,(H,25,32)(H,26,27). The average molecular weight is 475 g/mol. The molecule has 4 aromatic rings. The second-order valence-electron chi connectivity index (χ2n) is 7.78. The fourth-order valence-corrected chi connectivity index (χ4v) is 3.81. The minimum atomic E-state index is -0.630. The van der Waals surface area contributed by atoms with Crippen LogP contribution >= 0.6 is 0 Å². The summed E-state index contributed by atoms with van der Waals surface area (Å²) in [7, 11) is 0. The van der Waals surface area contributed by atoms with Gasteiger partial charge in [-0.2, -0.15) is 10.2 Å². The molecule has 3 aromatic heterocycles. The first-order valence-electron chi connectivity index (χ1n) is 10.9. The quantitative estimate of drug-likeness (QED) is 0.373. The van der Waals surface area contributed by atoms with Crippen LogP contribution in [0, 0.1) is 0 Å². The van der Waals surface area contributed by atoms with E-state index < -0.39 is 30.4 Å². The Kier molecular flexibility index (Phi) is 6.12. The van der Waals surface area contributed by atoms with Crippen molar-refractivity contribution in [3.05, 3.63) is 78.3 Å².